The monoisotopic (exact) mass is 253 g/mol. The van der Waals surface area contributed by atoms with E-state index in [1.165, 1.54) is 0 Å². The van der Waals surface area contributed by atoms with Crippen LogP contribution in [0.2, 0.25) is 15.2 Å². The van der Waals surface area contributed by atoms with E-state index in [1.807, 2.05) is 0 Å². The highest BCUT2D eigenvalue weighted by Gasteiger charge is 2.21. The van der Waals surface area contributed by atoms with Gasteiger partial charge in [0.05, 0.1) is 10.0 Å². The summed E-state index contributed by atoms with van der Waals surface area (Å²) in [6, 6.07) is 1.16. The van der Waals surface area contributed by atoms with Gasteiger partial charge in [0.15, 0.2) is 0 Å². The zero-order chi connectivity index (χ0) is 10.9. The van der Waals surface area contributed by atoms with Crippen molar-refractivity contribution in [2.45, 2.75) is 0 Å². The molecule has 0 unspecified atom stereocenters. The number of hydrogen-bond acceptors (Lipinski definition) is 3. The van der Waals surface area contributed by atoms with Gasteiger partial charge in [-0.3, -0.25) is 4.79 Å². The van der Waals surface area contributed by atoms with Gasteiger partial charge >= 0.3 is 5.97 Å². The first kappa shape index (κ1) is 11.2. The summed E-state index contributed by atoms with van der Waals surface area (Å²) >= 11 is 16.6. The maximum absolute atomic E-state index is 11.0. The highest BCUT2D eigenvalue weighted by Crippen LogP contribution is 2.25. The number of aromatic nitrogens is 1. The molecule has 14 heavy (non-hydrogen) atoms. The van der Waals surface area contributed by atoms with Crippen LogP contribution in [-0.2, 0) is 4.79 Å². The zero-order valence-electron chi connectivity index (χ0n) is 6.42. The Hall–Kier alpha value is -0.840. The van der Waals surface area contributed by atoms with E-state index in [0.717, 1.165) is 6.07 Å². The third-order valence-electron chi connectivity index (χ3n) is 1.30. The number of pyridine rings is 1. The first-order valence-electron chi connectivity index (χ1n) is 3.22. The van der Waals surface area contributed by atoms with Crippen LogP contribution in [0, 0.1) is 0 Å². The van der Waals surface area contributed by atoms with Crippen LogP contribution in [0.4, 0.5) is 0 Å². The van der Waals surface area contributed by atoms with Gasteiger partial charge < -0.3 is 5.11 Å². The predicted molar refractivity (Wildman–Crippen MR) is 51.2 cm³/mol. The molecule has 0 radical (unpaired) electrons. The molecule has 0 fully saturated rings. The Bertz CT molecular complexity index is 419. The fraction of sp³-hybridized carbons (Fsp3) is 0. The van der Waals surface area contributed by atoms with Gasteiger partial charge in [0.1, 0.15) is 10.8 Å². The van der Waals surface area contributed by atoms with E-state index < -0.39 is 17.4 Å². The number of carbonyl (C=O) groups excluding carboxylic acids is 1. The average Bonchev–Trinajstić information content (AvgIpc) is 2.10. The maximum atomic E-state index is 11.0. The topological polar surface area (TPSA) is 67.3 Å². The molecule has 0 aromatic carbocycles. The fourth-order valence-corrected chi connectivity index (χ4v) is 1.29. The van der Waals surface area contributed by atoms with Gasteiger partial charge in [0.2, 0.25) is 0 Å². The van der Waals surface area contributed by atoms with Crippen LogP contribution in [0.3, 0.4) is 0 Å². The molecule has 0 bridgehead atoms. The van der Waals surface area contributed by atoms with Crippen molar-refractivity contribution in [1.29, 1.82) is 0 Å². The Morgan fingerprint density at radius 3 is 2.29 bits per heavy atom. The van der Waals surface area contributed by atoms with Crippen molar-refractivity contribution in [2.24, 2.45) is 0 Å². The predicted octanol–water partition coefficient (Wildman–Crippen LogP) is 2.31. The number of ketones is 1. The van der Waals surface area contributed by atoms with E-state index in [-0.39, 0.29) is 15.2 Å². The smallest absolute Gasteiger partial charge is 0.378 e. The van der Waals surface area contributed by atoms with Gasteiger partial charge in [-0.1, -0.05) is 34.8 Å². The van der Waals surface area contributed by atoms with E-state index >= 15 is 0 Å². The molecule has 0 spiro atoms. The minimum absolute atomic E-state index is 0.0543. The SMILES string of the molecule is O=C(O)C(=O)c1nc(Cl)c(Cl)cc1Cl. The molecule has 1 aromatic heterocycles. The molecule has 1 N–H and O–H groups in total. The lowest BCUT2D eigenvalue weighted by molar-refractivity contribution is -0.131. The van der Waals surface area contributed by atoms with Crippen molar-refractivity contribution in [3.05, 3.63) is 27.0 Å². The Morgan fingerprint density at radius 2 is 1.79 bits per heavy atom. The Kier molecular flexibility index (Phi) is 3.31. The minimum Gasteiger partial charge on any atom is -0.475 e. The van der Waals surface area contributed by atoms with Crippen molar-refractivity contribution < 1.29 is 14.7 Å². The summed E-state index contributed by atoms with van der Waals surface area (Å²) in [6.07, 6.45) is 0. The summed E-state index contributed by atoms with van der Waals surface area (Å²) < 4.78 is 0. The normalized spacial score (nSPS) is 9.93. The Balaban J connectivity index is 3.29. The van der Waals surface area contributed by atoms with Gasteiger partial charge in [-0.05, 0) is 6.07 Å². The van der Waals surface area contributed by atoms with E-state index in [1.54, 1.807) is 0 Å². The quantitative estimate of drug-likeness (QED) is 0.499. The van der Waals surface area contributed by atoms with Crippen molar-refractivity contribution in [3.8, 4) is 0 Å². The summed E-state index contributed by atoms with van der Waals surface area (Å²) in [6.45, 7) is 0. The lowest BCUT2D eigenvalue weighted by atomic mass is 10.2. The average molecular weight is 254 g/mol. The number of rotatable bonds is 2. The van der Waals surface area contributed by atoms with Crippen molar-refractivity contribution in [2.75, 3.05) is 0 Å². The van der Waals surface area contributed by atoms with E-state index in [9.17, 15) is 9.59 Å². The number of carboxylic acids is 1. The molecular formula is C7H2Cl3NO3. The van der Waals surface area contributed by atoms with Gasteiger partial charge in [-0.25, -0.2) is 9.78 Å². The zero-order valence-corrected chi connectivity index (χ0v) is 8.69. The van der Waals surface area contributed by atoms with Crippen LogP contribution >= 0.6 is 34.8 Å². The third kappa shape index (κ3) is 2.15. The molecule has 1 aromatic rings. The molecular weight excluding hydrogens is 252 g/mol. The standard InChI is InChI=1S/C7H2Cl3NO3/c8-2-1-3(9)6(10)11-4(2)5(12)7(13)14/h1H,(H,13,14). The van der Waals surface area contributed by atoms with E-state index in [0.29, 0.717) is 0 Å². The molecule has 0 aliphatic carbocycles. The Labute approximate surface area is 93.4 Å². The number of carbonyl (C=O) groups is 2. The number of halogens is 3. The largest absolute Gasteiger partial charge is 0.475 e. The molecule has 0 saturated carbocycles. The van der Waals surface area contributed by atoms with Gasteiger partial charge in [0, 0.05) is 0 Å². The summed E-state index contributed by atoms with van der Waals surface area (Å²) in [4.78, 5) is 24.8. The third-order valence-corrected chi connectivity index (χ3v) is 2.26. The highest BCUT2D eigenvalue weighted by atomic mass is 35.5. The molecule has 4 nitrogen and oxygen atoms in total. The fourth-order valence-electron chi connectivity index (χ4n) is 0.705. The van der Waals surface area contributed by atoms with Gasteiger partial charge in [0.25, 0.3) is 5.78 Å². The summed E-state index contributed by atoms with van der Waals surface area (Å²) in [5, 5.41) is 8.14. The second-order valence-corrected chi connectivity index (χ2v) is 3.40. The summed E-state index contributed by atoms with van der Waals surface area (Å²) in [7, 11) is 0. The first-order chi connectivity index (χ1) is 6.43. The number of hydrogen-bond donors (Lipinski definition) is 1. The second-order valence-electron chi connectivity index (χ2n) is 2.23. The van der Waals surface area contributed by atoms with E-state index in [2.05, 4.69) is 4.98 Å². The molecule has 0 aliphatic heterocycles. The number of nitrogens with zero attached hydrogens (tertiary/aromatic N) is 1. The number of carboxylic acid groups (broad SMARTS) is 1. The molecule has 1 rings (SSSR count). The molecule has 0 atom stereocenters. The lowest BCUT2D eigenvalue weighted by Crippen LogP contribution is -2.15. The van der Waals surface area contributed by atoms with Crippen molar-refractivity contribution in [1.82, 2.24) is 4.98 Å². The second kappa shape index (κ2) is 4.13. The molecule has 0 amide bonds. The van der Waals surface area contributed by atoms with Gasteiger partial charge in [-0.15, -0.1) is 0 Å². The first-order valence-corrected chi connectivity index (χ1v) is 4.36. The molecule has 74 valence electrons. The maximum Gasteiger partial charge on any atom is 0.378 e. The van der Waals surface area contributed by atoms with Crippen LogP contribution in [0.5, 0.6) is 0 Å². The molecule has 7 heteroatoms. The Morgan fingerprint density at radius 1 is 1.21 bits per heavy atom. The van der Waals surface area contributed by atoms with Crippen molar-refractivity contribution in [3.63, 3.8) is 0 Å². The van der Waals surface area contributed by atoms with Crippen LogP contribution < -0.4 is 0 Å². The van der Waals surface area contributed by atoms with Crippen molar-refractivity contribution >= 4 is 46.6 Å². The van der Waals surface area contributed by atoms with Crippen LogP contribution in [0.25, 0.3) is 0 Å². The van der Waals surface area contributed by atoms with Crippen LogP contribution in [0.15, 0.2) is 6.07 Å². The van der Waals surface area contributed by atoms with Crippen LogP contribution in [0.1, 0.15) is 10.5 Å². The highest BCUT2D eigenvalue weighted by molar-refractivity contribution is 6.46. The number of aliphatic carboxylic acids is 1. The minimum atomic E-state index is -1.65. The number of Topliss-reactive ketones (excluding diaryl/α,β-unsaturated/α-hetero) is 1. The molecule has 1 heterocycles. The molecule has 0 aliphatic rings. The van der Waals surface area contributed by atoms with E-state index in [4.69, 9.17) is 39.9 Å². The van der Waals surface area contributed by atoms with Crippen LogP contribution in [-0.4, -0.2) is 21.8 Å². The lowest BCUT2D eigenvalue weighted by Gasteiger charge is -2.01. The molecule has 0 saturated heterocycles. The summed E-state index contributed by atoms with van der Waals surface area (Å²) in [5.74, 6) is -2.88. The summed E-state index contributed by atoms with van der Waals surface area (Å²) in [5.41, 5.74) is -0.423. The van der Waals surface area contributed by atoms with Gasteiger partial charge in [-0.2, -0.15) is 0 Å².